The van der Waals surface area contributed by atoms with E-state index in [0.717, 1.165) is 9.91 Å². The molecule has 0 saturated heterocycles. The SMILES string of the molecule is Cc1nc(C)c(C(=O)C2=C(O)C(=O)N(CC[NH+](C)C)[C@H]2c2ccc(F)cc2)s1. The molecule has 2 heterocycles. The minimum Gasteiger partial charge on any atom is -0.503 e. The number of ketones is 1. The highest BCUT2D eigenvalue weighted by Crippen LogP contribution is 2.39. The highest BCUT2D eigenvalue weighted by molar-refractivity contribution is 7.14. The van der Waals surface area contributed by atoms with E-state index in [-0.39, 0.29) is 5.57 Å². The Morgan fingerprint density at radius 2 is 1.93 bits per heavy atom. The fraction of sp³-hybridized carbons (Fsp3) is 0.350. The number of halogens is 1. The number of nitrogens with zero attached hydrogens (tertiary/aromatic N) is 2. The lowest BCUT2D eigenvalue weighted by molar-refractivity contribution is -0.857. The number of aliphatic hydroxyl groups excluding tert-OH is 1. The van der Waals surface area contributed by atoms with E-state index in [1.54, 1.807) is 26.0 Å². The first kappa shape index (κ1) is 20.2. The largest absolute Gasteiger partial charge is 0.503 e. The Labute approximate surface area is 166 Å². The van der Waals surface area contributed by atoms with Crippen LogP contribution in [0.5, 0.6) is 0 Å². The van der Waals surface area contributed by atoms with Crippen LogP contribution in [0.2, 0.25) is 0 Å². The third-order valence-corrected chi connectivity index (χ3v) is 5.77. The molecule has 1 atom stereocenters. The molecule has 3 rings (SSSR count). The molecule has 28 heavy (non-hydrogen) atoms. The molecule has 0 saturated carbocycles. The molecule has 1 aromatic heterocycles. The van der Waals surface area contributed by atoms with E-state index in [0.29, 0.717) is 29.2 Å². The van der Waals surface area contributed by atoms with Gasteiger partial charge in [-0.15, -0.1) is 11.3 Å². The van der Waals surface area contributed by atoms with Crippen LogP contribution in [0.15, 0.2) is 35.6 Å². The van der Waals surface area contributed by atoms with Crippen molar-refractivity contribution in [3.8, 4) is 0 Å². The molecule has 2 N–H and O–H groups in total. The van der Waals surface area contributed by atoms with Crippen molar-refractivity contribution in [2.75, 3.05) is 27.2 Å². The highest BCUT2D eigenvalue weighted by Gasteiger charge is 2.44. The van der Waals surface area contributed by atoms with Crippen LogP contribution in [0.1, 0.15) is 32.0 Å². The number of nitrogens with one attached hydrogen (secondary N) is 1. The maximum Gasteiger partial charge on any atom is 0.290 e. The molecule has 148 valence electrons. The lowest BCUT2D eigenvalue weighted by Crippen LogP contribution is -3.06. The Kier molecular flexibility index (Phi) is 5.62. The summed E-state index contributed by atoms with van der Waals surface area (Å²) in [5, 5.41) is 11.3. The van der Waals surface area contributed by atoms with Crippen LogP contribution in [0.3, 0.4) is 0 Å². The second kappa shape index (κ2) is 7.81. The van der Waals surface area contributed by atoms with Gasteiger partial charge < -0.3 is 14.9 Å². The summed E-state index contributed by atoms with van der Waals surface area (Å²) in [5.41, 5.74) is 1.17. The molecular formula is C20H23FN3O3S+. The number of rotatable bonds is 6. The summed E-state index contributed by atoms with van der Waals surface area (Å²) in [5.74, 6) is -1.95. The highest BCUT2D eigenvalue weighted by atomic mass is 32.1. The molecule has 0 unspecified atom stereocenters. The van der Waals surface area contributed by atoms with Gasteiger partial charge in [0.15, 0.2) is 5.76 Å². The van der Waals surface area contributed by atoms with Gasteiger partial charge in [-0.1, -0.05) is 12.1 Å². The minimum absolute atomic E-state index is 0.0251. The number of quaternary nitrogens is 1. The Morgan fingerprint density at radius 1 is 1.29 bits per heavy atom. The summed E-state index contributed by atoms with van der Waals surface area (Å²) in [6.45, 7) is 4.51. The topological polar surface area (TPSA) is 74.9 Å². The zero-order valence-corrected chi connectivity index (χ0v) is 17.1. The first-order valence-electron chi connectivity index (χ1n) is 8.98. The van der Waals surface area contributed by atoms with Crippen LogP contribution in [-0.2, 0) is 4.79 Å². The van der Waals surface area contributed by atoms with E-state index in [2.05, 4.69) is 4.98 Å². The van der Waals surface area contributed by atoms with E-state index in [4.69, 9.17) is 0 Å². The number of aryl methyl sites for hydroxylation is 2. The van der Waals surface area contributed by atoms with Gasteiger partial charge in [-0.3, -0.25) is 9.59 Å². The predicted molar refractivity (Wildman–Crippen MR) is 104 cm³/mol. The number of benzene rings is 1. The summed E-state index contributed by atoms with van der Waals surface area (Å²) >= 11 is 1.23. The fourth-order valence-electron chi connectivity index (χ4n) is 3.32. The van der Waals surface area contributed by atoms with E-state index in [1.807, 2.05) is 14.1 Å². The molecule has 0 fully saturated rings. The standard InChI is InChI=1S/C20H22FN3O3S/c1-11-19(28-12(2)22-11)17(25)15-16(13-5-7-14(21)8-6-13)24(10-9-23(3)4)20(27)18(15)26/h5-8,16,26H,9-10H2,1-4H3/p+1/t16-/m0/s1. The zero-order valence-electron chi connectivity index (χ0n) is 16.2. The molecule has 1 aromatic carbocycles. The Balaban J connectivity index is 2.08. The molecule has 1 amide bonds. The summed E-state index contributed by atoms with van der Waals surface area (Å²) in [4.78, 5) is 33.3. The maximum absolute atomic E-state index is 13.4. The normalized spacial score (nSPS) is 17.1. The lowest BCUT2D eigenvalue weighted by Gasteiger charge is -2.27. The van der Waals surface area contributed by atoms with Gasteiger partial charge in [0.2, 0.25) is 5.78 Å². The zero-order chi connectivity index (χ0) is 20.6. The first-order valence-corrected chi connectivity index (χ1v) is 9.79. The number of likely N-dealkylation sites (N-methyl/N-ethyl adjacent to an activating group) is 1. The van der Waals surface area contributed by atoms with Crippen LogP contribution in [0.4, 0.5) is 4.39 Å². The fourth-order valence-corrected chi connectivity index (χ4v) is 4.19. The first-order chi connectivity index (χ1) is 13.2. The molecule has 1 aliphatic heterocycles. The Bertz CT molecular complexity index is 950. The number of aliphatic hydroxyl groups is 1. The monoisotopic (exact) mass is 404 g/mol. The summed E-state index contributed by atoms with van der Waals surface area (Å²) in [6, 6.07) is 4.89. The quantitative estimate of drug-likeness (QED) is 0.718. The number of aromatic nitrogens is 1. The number of carbonyl (C=O) groups excluding carboxylic acids is 2. The average Bonchev–Trinajstić information content (AvgIpc) is 3.10. The van der Waals surface area contributed by atoms with E-state index in [1.165, 1.54) is 28.4 Å². The van der Waals surface area contributed by atoms with Crippen molar-refractivity contribution < 1.29 is 24.0 Å². The van der Waals surface area contributed by atoms with Gasteiger partial charge in [-0.25, -0.2) is 9.37 Å². The van der Waals surface area contributed by atoms with Gasteiger partial charge in [0, 0.05) is 0 Å². The van der Waals surface area contributed by atoms with Crippen LogP contribution in [0.25, 0.3) is 0 Å². The molecule has 2 aromatic rings. The average molecular weight is 404 g/mol. The number of Topliss-reactive ketones (excluding diaryl/α,β-unsaturated/α-hetero) is 1. The second-order valence-corrected chi connectivity index (χ2v) is 8.35. The number of hydrogen-bond acceptors (Lipinski definition) is 5. The molecule has 0 bridgehead atoms. The molecule has 0 spiro atoms. The van der Waals surface area contributed by atoms with Crippen molar-refractivity contribution in [1.29, 1.82) is 0 Å². The Morgan fingerprint density at radius 3 is 2.46 bits per heavy atom. The number of thiazole rings is 1. The van der Waals surface area contributed by atoms with Crippen molar-refractivity contribution in [3.63, 3.8) is 0 Å². The second-order valence-electron chi connectivity index (χ2n) is 7.15. The van der Waals surface area contributed by atoms with Gasteiger partial charge in [0.05, 0.1) is 54.4 Å². The smallest absolute Gasteiger partial charge is 0.290 e. The molecular weight excluding hydrogens is 381 g/mol. The minimum atomic E-state index is -0.762. The van der Waals surface area contributed by atoms with Gasteiger partial charge >= 0.3 is 0 Å². The Hall–Kier alpha value is -2.58. The molecule has 6 nitrogen and oxygen atoms in total. The molecule has 1 aliphatic rings. The maximum atomic E-state index is 13.4. The van der Waals surface area contributed by atoms with Crippen LogP contribution >= 0.6 is 11.3 Å². The third-order valence-electron chi connectivity index (χ3n) is 4.70. The predicted octanol–water partition coefficient (Wildman–Crippen LogP) is 1.62. The molecule has 0 aliphatic carbocycles. The third kappa shape index (κ3) is 3.70. The number of amides is 1. The summed E-state index contributed by atoms with van der Waals surface area (Å²) in [6.07, 6.45) is 0. The van der Waals surface area contributed by atoms with Gasteiger partial charge in [-0.05, 0) is 31.5 Å². The van der Waals surface area contributed by atoms with Crippen molar-refractivity contribution in [2.24, 2.45) is 0 Å². The van der Waals surface area contributed by atoms with Crippen molar-refractivity contribution >= 4 is 23.0 Å². The number of hydrogen-bond donors (Lipinski definition) is 2. The van der Waals surface area contributed by atoms with Gasteiger partial charge in [0.1, 0.15) is 5.82 Å². The van der Waals surface area contributed by atoms with Gasteiger partial charge in [0.25, 0.3) is 5.91 Å². The van der Waals surface area contributed by atoms with Crippen LogP contribution in [-0.4, -0.2) is 53.9 Å². The van der Waals surface area contributed by atoms with Crippen molar-refractivity contribution in [2.45, 2.75) is 19.9 Å². The van der Waals surface area contributed by atoms with Crippen LogP contribution in [0, 0.1) is 19.7 Å². The van der Waals surface area contributed by atoms with E-state index >= 15 is 0 Å². The lowest BCUT2D eigenvalue weighted by atomic mass is 9.95. The van der Waals surface area contributed by atoms with E-state index in [9.17, 15) is 19.1 Å². The van der Waals surface area contributed by atoms with Gasteiger partial charge in [-0.2, -0.15) is 0 Å². The van der Waals surface area contributed by atoms with Crippen molar-refractivity contribution in [3.05, 3.63) is 62.6 Å². The van der Waals surface area contributed by atoms with E-state index < -0.39 is 29.3 Å². The van der Waals surface area contributed by atoms with Crippen LogP contribution < -0.4 is 4.90 Å². The molecule has 8 heteroatoms. The molecule has 0 radical (unpaired) electrons. The number of carbonyl (C=O) groups is 2. The van der Waals surface area contributed by atoms with Crippen molar-refractivity contribution in [1.82, 2.24) is 9.88 Å². The summed E-state index contributed by atoms with van der Waals surface area (Å²) < 4.78 is 13.4. The summed E-state index contributed by atoms with van der Waals surface area (Å²) in [7, 11) is 3.91.